The quantitative estimate of drug-likeness (QED) is 0.771. The van der Waals surface area contributed by atoms with Gasteiger partial charge in [0.05, 0.1) is 5.69 Å². The molecule has 0 atom stereocenters. The van der Waals surface area contributed by atoms with Crippen LogP contribution in [0.25, 0.3) is 21.8 Å². The van der Waals surface area contributed by atoms with E-state index in [9.17, 15) is 5.11 Å². The number of nitrogens with zero attached hydrogens (tertiary/aromatic N) is 1. The first-order chi connectivity index (χ1) is 9.76. The second-order valence-electron chi connectivity index (χ2n) is 4.49. The number of hydrogen-bond donors (Lipinski definition) is 2. The molecule has 0 aliphatic heterocycles. The average molecular weight is 282 g/mol. The van der Waals surface area contributed by atoms with Gasteiger partial charge in [-0.15, -0.1) is 11.3 Å². The third kappa shape index (κ3) is 2.57. The molecular formula is C16H14N2OS. The molecule has 4 heteroatoms. The zero-order valence-electron chi connectivity index (χ0n) is 10.8. The highest BCUT2D eigenvalue weighted by molar-refractivity contribution is 7.13. The van der Waals surface area contributed by atoms with Crippen LogP contribution in [0, 0.1) is 0 Å². The summed E-state index contributed by atoms with van der Waals surface area (Å²) in [5.74, 6) is 0.265. The molecule has 3 nitrogen and oxygen atoms in total. The van der Waals surface area contributed by atoms with E-state index in [0.717, 1.165) is 27.4 Å². The molecule has 0 spiro atoms. The van der Waals surface area contributed by atoms with E-state index in [1.165, 1.54) is 0 Å². The lowest BCUT2D eigenvalue weighted by molar-refractivity contribution is 0.475. The maximum Gasteiger partial charge on any atom is 0.124 e. The minimum Gasteiger partial charge on any atom is -0.508 e. The van der Waals surface area contributed by atoms with E-state index >= 15 is 0 Å². The summed E-state index contributed by atoms with van der Waals surface area (Å²) in [5.41, 5.74) is 9.73. The maximum absolute atomic E-state index is 9.31. The summed E-state index contributed by atoms with van der Waals surface area (Å²) in [6.45, 7) is 0.552. The van der Waals surface area contributed by atoms with E-state index < -0.39 is 0 Å². The molecule has 0 bridgehead atoms. The van der Waals surface area contributed by atoms with Crippen molar-refractivity contribution in [1.82, 2.24) is 4.98 Å². The standard InChI is InChI=1S/C16H14N2OS/c17-9-11-1-3-13(4-2-11)16-18-15(10-20-16)12-5-7-14(19)8-6-12/h1-8,10,19H,9,17H2. The Kier molecular flexibility index (Phi) is 3.50. The van der Waals surface area contributed by atoms with E-state index in [4.69, 9.17) is 5.73 Å². The molecule has 3 rings (SSSR count). The van der Waals surface area contributed by atoms with Crippen LogP contribution < -0.4 is 5.73 Å². The summed E-state index contributed by atoms with van der Waals surface area (Å²) in [4.78, 5) is 4.64. The third-order valence-corrected chi connectivity index (χ3v) is 4.00. The van der Waals surface area contributed by atoms with Crippen LogP contribution in [-0.2, 0) is 6.54 Å². The Labute approximate surface area is 121 Å². The van der Waals surface area contributed by atoms with Gasteiger partial charge in [-0.25, -0.2) is 4.98 Å². The zero-order valence-corrected chi connectivity index (χ0v) is 11.6. The summed E-state index contributed by atoms with van der Waals surface area (Å²) in [5, 5.41) is 12.3. The summed E-state index contributed by atoms with van der Waals surface area (Å²) in [6, 6.07) is 15.2. The van der Waals surface area contributed by atoms with Crippen molar-refractivity contribution in [3.8, 4) is 27.6 Å². The Morgan fingerprint density at radius 3 is 2.25 bits per heavy atom. The number of hydrogen-bond acceptors (Lipinski definition) is 4. The van der Waals surface area contributed by atoms with Crippen molar-refractivity contribution in [2.75, 3.05) is 0 Å². The molecule has 100 valence electrons. The highest BCUT2D eigenvalue weighted by atomic mass is 32.1. The van der Waals surface area contributed by atoms with Gasteiger partial charge < -0.3 is 10.8 Å². The van der Waals surface area contributed by atoms with Gasteiger partial charge in [0.1, 0.15) is 10.8 Å². The average Bonchev–Trinajstić information content (AvgIpc) is 2.98. The molecule has 2 aromatic carbocycles. The van der Waals surface area contributed by atoms with Crippen LogP contribution in [0.1, 0.15) is 5.56 Å². The second-order valence-corrected chi connectivity index (χ2v) is 5.34. The lowest BCUT2D eigenvalue weighted by Crippen LogP contribution is -1.95. The van der Waals surface area contributed by atoms with Crippen molar-refractivity contribution in [2.45, 2.75) is 6.54 Å². The second kappa shape index (κ2) is 5.45. The first-order valence-electron chi connectivity index (χ1n) is 6.30. The Morgan fingerprint density at radius 1 is 0.950 bits per heavy atom. The van der Waals surface area contributed by atoms with Crippen LogP contribution in [0.5, 0.6) is 5.75 Å². The molecule has 0 saturated heterocycles. The molecule has 0 saturated carbocycles. The summed E-state index contributed by atoms with van der Waals surface area (Å²) < 4.78 is 0. The number of benzene rings is 2. The molecule has 1 aromatic heterocycles. The third-order valence-electron chi connectivity index (χ3n) is 3.10. The fourth-order valence-electron chi connectivity index (χ4n) is 1.95. The van der Waals surface area contributed by atoms with E-state index in [0.29, 0.717) is 6.54 Å². The number of nitrogens with two attached hydrogens (primary N) is 1. The van der Waals surface area contributed by atoms with Crippen molar-refractivity contribution in [1.29, 1.82) is 0 Å². The van der Waals surface area contributed by atoms with Gasteiger partial charge in [0.15, 0.2) is 0 Å². The lowest BCUT2D eigenvalue weighted by atomic mass is 10.1. The topological polar surface area (TPSA) is 59.1 Å². The molecule has 0 fully saturated rings. The molecule has 20 heavy (non-hydrogen) atoms. The van der Waals surface area contributed by atoms with Gasteiger partial charge in [0.25, 0.3) is 0 Å². The summed E-state index contributed by atoms with van der Waals surface area (Å²) >= 11 is 1.61. The summed E-state index contributed by atoms with van der Waals surface area (Å²) in [6.07, 6.45) is 0. The van der Waals surface area contributed by atoms with Gasteiger partial charge >= 0.3 is 0 Å². The highest BCUT2D eigenvalue weighted by Gasteiger charge is 2.06. The first-order valence-corrected chi connectivity index (χ1v) is 7.18. The zero-order chi connectivity index (χ0) is 13.9. The van der Waals surface area contributed by atoms with Gasteiger partial charge in [-0.3, -0.25) is 0 Å². The number of phenolic OH excluding ortho intramolecular Hbond substituents is 1. The molecule has 0 radical (unpaired) electrons. The Hall–Kier alpha value is -2.17. The van der Waals surface area contributed by atoms with Crippen molar-refractivity contribution in [3.05, 3.63) is 59.5 Å². The molecule has 3 N–H and O–H groups in total. The van der Waals surface area contributed by atoms with Crippen molar-refractivity contribution in [2.24, 2.45) is 5.73 Å². The van der Waals surface area contributed by atoms with Gasteiger partial charge in [-0.2, -0.15) is 0 Å². The predicted molar refractivity (Wildman–Crippen MR) is 82.5 cm³/mol. The molecule has 0 unspecified atom stereocenters. The molecule has 0 aliphatic rings. The van der Waals surface area contributed by atoms with Crippen LogP contribution in [0.2, 0.25) is 0 Å². The monoisotopic (exact) mass is 282 g/mol. The van der Waals surface area contributed by atoms with Crippen LogP contribution in [0.3, 0.4) is 0 Å². The maximum atomic E-state index is 9.31. The highest BCUT2D eigenvalue weighted by Crippen LogP contribution is 2.29. The predicted octanol–water partition coefficient (Wildman–Crippen LogP) is 3.64. The van der Waals surface area contributed by atoms with Crippen molar-refractivity contribution < 1.29 is 5.11 Å². The van der Waals surface area contributed by atoms with Crippen LogP contribution in [0.4, 0.5) is 0 Å². The van der Waals surface area contributed by atoms with Gasteiger partial charge in [0, 0.05) is 23.1 Å². The first kappa shape index (κ1) is 12.8. The molecule has 3 aromatic rings. The number of thiazole rings is 1. The van der Waals surface area contributed by atoms with Crippen molar-refractivity contribution >= 4 is 11.3 Å². The SMILES string of the molecule is NCc1ccc(-c2nc(-c3ccc(O)cc3)cs2)cc1. The normalized spacial score (nSPS) is 10.7. The van der Waals surface area contributed by atoms with E-state index in [1.54, 1.807) is 23.5 Å². The molecular weight excluding hydrogens is 268 g/mol. The Morgan fingerprint density at radius 2 is 1.60 bits per heavy atom. The van der Waals surface area contributed by atoms with Gasteiger partial charge in [-0.1, -0.05) is 24.3 Å². The largest absolute Gasteiger partial charge is 0.508 e. The number of aromatic nitrogens is 1. The summed E-state index contributed by atoms with van der Waals surface area (Å²) in [7, 11) is 0. The fourth-order valence-corrected chi connectivity index (χ4v) is 2.79. The van der Waals surface area contributed by atoms with Crippen LogP contribution >= 0.6 is 11.3 Å². The van der Waals surface area contributed by atoms with E-state index in [1.807, 2.05) is 41.8 Å². The van der Waals surface area contributed by atoms with Crippen molar-refractivity contribution in [3.63, 3.8) is 0 Å². The van der Waals surface area contributed by atoms with Gasteiger partial charge in [-0.05, 0) is 29.8 Å². The molecule has 1 heterocycles. The lowest BCUT2D eigenvalue weighted by Gasteiger charge is -1.99. The number of phenols is 1. The van der Waals surface area contributed by atoms with Crippen LogP contribution in [-0.4, -0.2) is 10.1 Å². The minimum atomic E-state index is 0.265. The number of rotatable bonds is 3. The number of aromatic hydroxyl groups is 1. The Balaban J connectivity index is 1.91. The van der Waals surface area contributed by atoms with Crippen LogP contribution in [0.15, 0.2) is 53.9 Å². The Bertz CT molecular complexity index is 702. The van der Waals surface area contributed by atoms with E-state index in [-0.39, 0.29) is 5.75 Å². The van der Waals surface area contributed by atoms with E-state index in [2.05, 4.69) is 4.98 Å². The minimum absolute atomic E-state index is 0.265. The molecule has 0 amide bonds. The van der Waals surface area contributed by atoms with Gasteiger partial charge in [0.2, 0.25) is 0 Å². The molecule has 0 aliphatic carbocycles. The smallest absolute Gasteiger partial charge is 0.124 e. The fraction of sp³-hybridized carbons (Fsp3) is 0.0625.